The first kappa shape index (κ1) is 5.61. The summed E-state index contributed by atoms with van der Waals surface area (Å²) in [4.78, 5) is 24.4. The molecule has 0 bridgehead atoms. The molecular formula is C4H3N3O2. The van der Waals surface area contributed by atoms with Gasteiger partial charge in [-0.1, -0.05) is 0 Å². The highest BCUT2D eigenvalue weighted by molar-refractivity contribution is 5.23. The number of aromatic nitrogens is 2. The Labute approximate surface area is 49.5 Å². The van der Waals surface area contributed by atoms with Gasteiger partial charge >= 0.3 is 5.69 Å². The molecule has 5 nitrogen and oxygen atoms in total. The van der Waals surface area contributed by atoms with Crippen LogP contribution in [0.2, 0.25) is 0 Å². The van der Waals surface area contributed by atoms with Crippen molar-refractivity contribution in [1.82, 2.24) is 15.7 Å². The lowest BCUT2D eigenvalue weighted by Gasteiger charge is -1.81. The Morgan fingerprint density at radius 2 is 2.11 bits per heavy atom. The topological polar surface area (TPSA) is 88.0 Å². The molecular weight excluding hydrogens is 122 g/mol. The number of nitrogens with one attached hydrogen (secondary N) is 2. The first-order valence-electron chi connectivity index (χ1n) is 2.21. The van der Waals surface area contributed by atoms with E-state index in [0.29, 0.717) is 0 Å². The van der Waals surface area contributed by atoms with E-state index >= 15 is 0 Å². The van der Waals surface area contributed by atoms with Crippen molar-refractivity contribution in [3.8, 4) is 0 Å². The SMILES string of the molecule is [N]c1c[nH]c(=O)[nH]c1=O. The summed E-state index contributed by atoms with van der Waals surface area (Å²) in [6.07, 6.45) is 0.932. The first-order chi connectivity index (χ1) is 4.20. The fourth-order valence-corrected chi connectivity index (χ4v) is 0.403. The second-order valence-electron chi connectivity index (χ2n) is 1.46. The zero-order valence-corrected chi connectivity index (χ0v) is 4.34. The highest BCUT2D eigenvalue weighted by Gasteiger charge is 1.92. The molecule has 0 fully saturated rings. The quantitative estimate of drug-likeness (QED) is 0.454. The molecule has 0 spiro atoms. The Hall–Kier alpha value is -1.52. The van der Waals surface area contributed by atoms with Crippen molar-refractivity contribution in [2.24, 2.45) is 0 Å². The van der Waals surface area contributed by atoms with Crippen molar-refractivity contribution in [3.05, 3.63) is 27.0 Å². The van der Waals surface area contributed by atoms with Gasteiger partial charge in [-0.15, -0.1) is 5.73 Å². The third kappa shape index (κ3) is 0.987. The minimum absolute atomic E-state index is 0.491. The summed E-state index contributed by atoms with van der Waals surface area (Å²) >= 11 is 0. The number of hydrogen-bond acceptors (Lipinski definition) is 2. The van der Waals surface area contributed by atoms with Gasteiger partial charge in [0.2, 0.25) is 0 Å². The molecule has 0 unspecified atom stereocenters. The minimum atomic E-state index is -0.779. The molecule has 9 heavy (non-hydrogen) atoms. The van der Waals surface area contributed by atoms with Crippen LogP contribution in [0.5, 0.6) is 0 Å². The van der Waals surface area contributed by atoms with E-state index in [9.17, 15) is 9.59 Å². The molecule has 5 heteroatoms. The summed E-state index contributed by atoms with van der Waals surface area (Å²) in [6.45, 7) is 0. The normalized spacial score (nSPS) is 9.33. The van der Waals surface area contributed by atoms with Crippen molar-refractivity contribution in [2.45, 2.75) is 0 Å². The summed E-state index contributed by atoms with van der Waals surface area (Å²) in [6, 6.07) is 0. The van der Waals surface area contributed by atoms with Crippen LogP contribution >= 0.6 is 0 Å². The Balaban J connectivity index is 3.52. The lowest BCUT2D eigenvalue weighted by molar-refractivity contribution is 1.03. The van der Waals surface area contributed by atoms with Gasteiger partial charge in [-0.2, -0.15) is 0 Å². The predicted octanol–water partition coefficient (Wildman–Crippen LogP) is -1.24. The van der Waals surface area contributed by atoms with E-state index < -0.39 is 16.9 Å². The van der Waals surface area contributed by atoms with E-state index in [1.54, 1.807) is 0 Å². The van der Waals surface area contributed by atoms with Crippen molar-refractivity contribution in [2.75, 3.05) is 0 Å². The largest absolute Gasteiger partial charge is 0.325 e. The molecule has 2 radical (unpaired) electrons. The summed E-state index contributed by atoms with van der Waals surface area (Å²) < 4.78 is 0. The van der Waals surface area contributed by atoms with Gasteiger partial charge in [0.25, 0.3) is 5.56 Å². The molecule has 0 saturated carbocycles. The lowest BCUT2D eigenvalue weighted by Crippen LogP contribution is -2.21. The standard InChI is InChI=1S/C4H3N3O2/c5-2-1-6-4(9)7-3(2)8/h1H,(H2,6,7,8,9). The summed E-state index contributed by atoms with van der Waals surface area (Å²) in [5, 5.41) is 0. The summed E-state index contributed by atoms with van der Waals surface area (Å²) in [5.74, 6) is 0. The van der Waals surface area contributed by atoms with Crippen LogP contribution in [0.15, 0.2) is 15.8 Å². The van der Waals surface area contributed by atoms with Crippen LogP contribution in [-0.4, -0.2) is 9.97 Å². The van der Waals surface area contributed by atoms with Crippen LogP contribution < -0.4 is 17.0 Å². The molecule has 0 atom stereocenters. The molecule has 0 amide bonds. The molecule has 1 aromatic heterocycles. The second-order valence-corrected chi connectivity index (χ2v) is 1.46. The third-order valence-corrected chi connectivity index (χ3v) is 0.800. The smallest absolute Gasteiger partial charge is 0.312 e. The van der Waals surface area contributed by atoms with Crippen molar-refractivity contribution < 1.29 is 0 Å². The molecule has 2 N–H and O–H groups in total. The summed E-state index contributed by atoms with van der Waals surface area (Å²) in [7, 11) is 0. The Morgan fingerprint density at radius 3 is 2.56 bits per heavy atom. The molecule has 1 rings (SSSR count). The maximum atomic E-state index is 10.3. The highest BCUT2D eigenvalue weighted by Crippen LogP contribution is 1.80. The fourth-order valence-electron chi connectivity index (χ4n) is 0.403. The van der Waals surface area contributed by atoms with Crippen LogP contribution in [0.3, 0.4) is 0 Å². The Bertz CT molecular complexity index is 310. The van der Waals surface area contributed by atoms with Crippen molar-refractivity contribution in [3.63, 3.8) is 0 Å². The van der Waals surface area contributed by atoms with Gasteiger partial charge in [0.05, 0.1) is 0 Å². The molecule has 0 aliphatic carbocycles. The van der Waals surface area contributed by atoms with E-state index in [1.807, 2.05) is 4.98 Å². The van der Waals surface area contributed by atoms with E-state index in [0.717, 1.165) is 6.20 Å². The van der Waals surface area contributed by atoms with E-state index in [4.69, 9.17) is 5.73 Å². The van der Waals surface area contributed by atoms with Crippen molar-refractivity contribution in [1.29, 1.82) is 0 Å². The summed E-state index contributed by atoms with van der Waals surface area (Å²) in [5.41, 5.74) is 6.63. The zero-order valence-electron chi connectivity index (χ0n) is 4.34. The average molecular weight is 125 g/mol. The highest BCUT2D eigenvalue weighted by atomic mass is 16.2. The Kier molecular flexibility index (Phi) is 1.11. The van der Waals surface area contributed by atoms with Crippen LogP contribution in [0.4, 0.5) is 5.69 Å². The third-order valence-electron chi connectivity index (χ3n) is 0.800. The van der Waals surface area contributed by atoms with Gasteiger partial charge in [0, 0.05) is 6.20 Å². The van der Waals surface area contributed by atoms with Gasteiger partial charge in [-0.3, -0.25) is 9.78 Å². The maximum absolute atomic E-state index is 10.3. The Morgan fingerprint density at radius 1 is 1.44 bits per heavy atom. The zero-order chi connectivity index (χ0) is 6.85. The van der Waals surface area contributed by atoms with Gasteiger partial charge in [0.15, 0.2) is 5.69 Å². The van der Waals surface area contributed by atoms with Gasteiger partial charge in [-0.25, -0.2) is 4.79 Å². The number of nitrogens with zero attached hydrogens (tertiary/aromatic N) is 1. The molecule has 1 aromatic rings. The van der Waals surface area contributed by atoms with Gasteiger partial charge < -0.3 is 4.98 Å². The van der Waals surface area contributed by atoms with Crippen LogP contribution in [-0.2, 0) is 0 Å². The maximum Gasteiger partial charge on any atom is 0.325 e. The fraction of sp³-hybridized carbons (Fsp3) is 0. The number of H-pyrrole nitrogens is 2. The number of rotatable bonds is 0. The molecule has 0 aliphatic heterocycles. The van der Waals surface area contributed by atoms with Crippen molar-refractivity contribution >= 4 is 5.69 Å². The van der Waals surface area contributed by atoms with E-state index in [1.165, 1.54) is 0 Å². The van der Waals surface area contributed by atoms with Gasteiger partial charge in [0.1, 0.15) is 0 Å². The van der Waals surface area contributed by atoms with E-state index in [-0.39, 0.29) is 0 Å². The molecule has 1 heterocycles. The molecule has 0 aliphatic rings. The molecule has 0 saturated heterocycles. The number of aromatic amines is 2. The van der Waals surface area contributed by atoms with Gasteiger partial charge in [-0.05, 0) is 0 Å². The molecule has 46 valence electrons. The predicted molar refractivity (Wildman–Crippen MR) is 29.5 cm³/mol. The molecule has 0 aromatic carbocycles. The van der Waals surface area contributed by atoms with Crippen LogP contribution in [0, 0.1) is 0 Å². The van der Waals surface area contributed by atoms with E-state index in [2.05, 4.69) is 4.98 Å². The lowest BCUT2D eigenvalue weighted by atomic mass is 10.6. The average Bonchev–Trinajstić information content (AvgIpc) is 1.80. The first-order valence-corrected chi connectivity index (χ1v) is 2.21. The monoisotopic (exact) mass is 125 g/mol. The number of hydrogen-bond donors (Lipinski definition) is 2. The van der Waals surface area contributed by atoms with Crippen LogP contribution in [0.1, 0.15) is 0 Å². The minimum Gasteiger partial charge on any atom is -0.312 e. The van der Waals surface area contributed by atoms with Crippen LogP contribution in [0.25, 0.3) is 0 Å². The second kappa shape index (κ2) is 1.77.